The molecule has 0 aromatic carbocycles. The number of nitrogens with zero attached hydrogens (tertiary/aromatic N) is 3. The highest BCUT2D eigenvalue weighted by molar-refractivity contribution is 5.99. The lowest BCUT2D eigenvalue weighted by molar-refractivity contribution is -0.158. The second kappa shape index (κ2) is 18.7. The van der Waals surface area contributed by atoms with Gasteiger partial charge in [-0.15, -0.1) is 4.99 Å². The lowest BCUT2D eigenvalue weighted by atomic mass is 9.91. The fourth-order valence-electron chi connectivity index (χ4n) is 6.67. The number of aliphatic imine (C=N–C) groups is 1. The molecule has 292 valence electrons. The number of aliphatic hydroxyl groups excluding tert-OH is 1. The fourth-order valence-corrected chi connectivity index (χ4v) is 6.67. The number of amides is 3. The maximum absolute atomic E-state index is 14.1. The molecule has 14 heteroatoms. The predicted molar refractivity (Wildman–Crippen MR) is 193 cm³/mol. The van der Waals surface area contributed by atoms with Gasteiger partial charge in [0.05, 0.1) is 24.7 Å². The van der Waals surface area contributed by atoms with Crippen molar-refractivity contribution in [3.05, 3.63) is 0 Å². The number of rotatable bonds is 9. The van der Waals surface area contributed by atoms with E-state index in [0.717, 1.165) is 38.5 Å². The van der Waals surface area contributed by atoms with E-state index in [2.05, 4.69) is 15.6 Å². The molecule has 51 heavy (non-hydrogen) atoms. The number of hydrogen-bond donors (Lipinski definition) is 3. The summed E-state index contributed by atoms with van der Waals surface area (Å²) in [6.45, 7) is 18.0. The SMILES string of the molecule is CC(C)(C)OC(=O)C[C@H](NC1CCCCC1O)C(=O)N1CCCCC1CCOC1CCN(C(=NC(=O)OC(C)(C)C)NC(=O)OC(C)(C)C)CC1. The van der Waals surface area contributed by atoms with Crippen LogP contribution in [0.2, 0.25) is 0 Å². The third-order valence-corrected chi connectivity index (χ3v) is 8.89. The number of guanidine groups is 1. The van der Waals surface area contributed by atoms with Crippen molar-refractivity contribution in [2.75, 3.05) is 26.2 Å². The predicted octanol–water partition coefficient (Wildman–Crippen LogP) is 5.05. The van der Waals surface area contributed by atoms with Crippen molar-refractivity contribution >= 4 is 30.0 Å². The first-order chi connectivity index (χ1) is 23.7. The van der Waals surface area contributed by atoms with Gasteiger partial charge in [0.25, 0.3) is 0 Å². The minimum Gasteiger partial charge on any atom is -0.460 e. The molecular formula is C37H65N5O9. The maximum Gasteiger partial charge on any atom is 0.437 e. The number of ether oxygens (including phenoxy) is 4. The van der Waals surface area contributed by atoms with E-state index in [9.17, 15) is 24.3 Å². The average Bonchev–Trinajstić information content (AvgIpc) is 2.99. The van der Waals surface area contributed by atoms with Crippen LogP contribution in [0.15, 0.2) is 4.99 Å². The summed E-state index contributed by atoms with van der Waals surface area (Å²) in [4.78, 5) is 59.9. The largest absolute Gasteiger partial charge is 0.460 e. The first-order valence-electron chi connectivity index (χ1n) is 18.8. The summed E-state index contributed by atoms with van der Waals surface area (Å²) >= 11 is 0. The van der Waals surface area contributed by atoms with Gasteiger partial charge in [0, 0.05) is 38.3 Å². The summed E-state index contributed by atoms with van der Waals surface area (Å²) in [6.07, 6.45) is 5.78. The zero-order valence-corrected chi connectivity index (χ0v) is 32.5. The molecule has 2 saturated heterocycles. The summed E-state index contributed by atoms with van der Waals surface area (Å²) in [5.41, 5.74) is -2.14. The van der Waals surface area contributed by atoms with Crippen LogP contribution in [0.4, 0.5) is 9.59 Å². The fraction of sp³-hybridized carbons (Fsp3) is 0.865. The molecule has 3 aliphatic rings. The van der Waals surface area contributed by atoms with Crippen LogP contribution in [0.5, 0.6) is 0 Å². The van der Waals surface area contributed by atoms with Gasteiger partial charge < -0.3 is 33.9 Å². The van der Waals surface area contributed by atoms with E-state index in [4.69, 9.17) is 18.9 Å². The molecule has 0 spiro atoms. The van der Waals surface area contributed by atoms with Crippen molar-refractivity contribution < 1.29 is 43.2 Å². The van der Waals surface area contributed by atoms with Gasteiger partial charge >= 0.3 is 18.2 Å². The zero-order valence-electron chi connectivity index (χ0n) is 32.5. The molecule has 1 aliphatic carbocycles. The molecule has 2 aliphatic heterocycles. The number of esters is 1. The molecule has 3 unspecified atom stereocenters. The van der Waals surface area contributed by atoms with E-state index in [1.165, 1.54) is 0 Å². The number of carbonyl (C=O) groups excluding carboxylic acids is 4. The molecule has 0 aromatic heterocycles. The van der Waals surface area contributed by atoms with E-state index < -0.39 is 47.1 Å². The van der Waals surface area contributed by atoms with Crippen LogP contribution in [0.1, 0.15) is 133 Å². The third kappa shape index (κ3) is 15.7. The lowest BCUT2D eigenvalue weighted by Gasteiger charge is -2.40. The van der Waals surface area contributed by atoms with Crippen LogP contribution in [0, 0.1) is 0 Å². The van der Waals surface area contributed by atoms with Crippen LogP contribution >= 0.6 is 0 Å². The van der Waals surface area contributed by atoms with Crippen LogP contribution < -0.4 is 10.6 Å². The number of hydrogen-bond acceptors (Lipinski definition) is 10. The molecule has 0 bridgehead atoms. The van der Waals surface area contributed by atoms with E-state index >= 15 is 0 Å². The molecule has 0 radical (unpaired) electrons. The summed E-state index contributed by atoms with van der Waals surface area (Å²) < 4.78 is 22.7. The Hall–Kier alpha value is -2.97. The molecular weight excluding hydrogens is 658 g/mol. The van der Waals surface area contributed by atoms with Gasteiger partial charge in [-0.1, -0.05) is 12.8 Å². The van der Waals surface area contributed by atoms with E-state index in [1.807, 2.05) is 30.6 Å². The van der Waals surface area contributed by atoms with Crippen LogP contribution in [-0.4, -0.2) is 118 Å². The number of likely N-dealkylation sites (tertiary alicyclic amines) is 2. The number of nitrogens with one attached hydrogen (secondary N) is 2. The molecule has 3 N–H and O–H groups in total. The molecule has 3 rings (SSSR count). The van der Waals surface area contributed by atoms with Crippen molar-refractivity contribution in [3.8, 4) is 0 Å². The lowest BCUT2D eigenvalue weighted by Crippen LogP contribution is -2.57. The molecule has 0 aromatic rings. The Morgan fingerprint density at radius 2 is 1.39 bits per heavy atom. The Morgan fingerprint density at radius 3 is 2.00 bits per heavy atom. The standard InChI is InChI=1S/C37H65N5O9/c1-35(2,3)49-30(44)24-28(38-27-15-10-11-16-29(27)43)31(45)42-20-13-12-14-25(42)19-23-48-26-17-21-41(22-18-26)32(39-33(46)50-36(4,5)6)40-34(47)51-37(7,8)9/h25-29,38,43H,10-24H2,1-9H3,(H,39,40,46,47)/t25?,27?,28-,29?/m0/s1. The zero-order chi connectivity index (χ0) is 38.0. The number of alkyl carbamates (subject to hydrolysis) is 1. The van der Waals surface area contributed by atoms with Crippen LogP contribution in [0.3, 0.4) is 0 Å². The minimum absolute atomic E-state index is 0.0313. The van der Waals surface area contributed by atoms with Gasteiger partial charge in [-0.05, 0) is 114 Å². The number of carbonyl (C=O) groups is 4. The Kier molecular flexibility index (Phi) is 15.5. The Morgan fingerprint density at radius 1 is 0.784 bits per heavy atom. The minimum atomic E-state index is -0.808. The average molecular weight is 724 g/mol. The number of aliphatic hydroxyl groups is 1. The summed E-state index contributed by atoms with van der Waals surface area (Å²) in [5, 5.41) is 16.6. The van der Waals surface area contributed by atoms with Crippen molar-refractivity contribution in [2.24, 2.45) is 4.99 Å². The van der Waals surface area contributed by atoms with E-state index in [-0.39, 0.29) is 36.5 Å². The van der Waals surface area contributed by atoms with Gasteiger partial charge in [0.1, 0.15) is 16.8 Å². The topological polar surface area (TPSA) is 168 Å². The first kappa shape index (κ1) is 42.4. The molecule has 3 amide bonds. The highest BCUT2D eigenvalue weighted by Gasteiger charge is 2.37. The third-order valence-electron chi connectivity index (χ3n) is 8.89. The second-order valence-corrected chi connectivity index (χ2v) is 17.0. The first-order valence-corrected chi connectivity index (χ1v) is 18.8. The van der Waals surface area contributed by atoms with Gasteiger partial charge in [0.15, 0.2) is 0 Å². The maximum atomic E-state index is 14.1. The van der Waals surface area contributed by atoms with Crippen LogP contribution in [-0.2, 0) is 28.5 Å². The van der Waals surface area contributed by atoms with Crippen molar-refractivity contribution in [1.82, 2.24) is 20.4 Å². The monoisotopic (exact) mass is 723 g/mol. The second-order valence-electron chi connectivity index (χ2n) is 17.0. The van der Waals surface area contributed by atoms with E-state index in [1.54, 1.807) is 41.5 Å². The highest BCUT2D eigenvalue weighted by Crippen LogP contribution is 2.25. The van der Waals surface area contributed by atoms with Crippen molar-refractivity contribution in [1.29, 1.82) is 0 Å². The smallest absolute Gasteiger partial charge is 0.437 e. The van der Waals surface area contributed by atoms with Gasteiger partial charge in [-0.2, -0.15) is 0 Å². The molecule has 3 fully saturated rings. The van der Waals surface area contributed by atoms with Gasteiger partial charge in [-0.25, -0.2) is 9.59 Å². The Labute approximate surface area is 304 Å². The van der Waals surface area contributed by atoms with Crippen LogP contribution in [0.25, 0.3) is 0 Å². The summed E-state index contributed by atoms with van der Waals surface area (Å²) in [6, 6.07) is -1.06. The van der Waals surface area contributed by atoms with Crippen molar-refractivity contribution in [3.63, 3.8) is 0 Å². The summed E-state index contributed by atoms with van der Waals surface area (Å²) in [7, 11) is 0. The molecule has 2 heterocycles. The van der Waals surface area contributed by atoms with E-state index in [0.29, 0.717) is 51.9 Å². The molecule has 14 nitrogen and oxygen atoms in total. The van der Waals surface area contributed by atoms with Gasteiger partial charge in [-0.3, -0.25) is 20.2 Å². The molecule has 4 atom stereocenters. The Bertz CT molecular complexity index is 1200. The highest BCUT2D eigenvalue weighted by atomic mass is 16.6. The number of piperidine rings is 2. The Balaban J connectivity index is 1.60. The quantitative estimate of drug-likeness (QED) is 0.126. The van der Waals surface area contributed by atoms with Crippen molar-refractivity contribution in [2.45, 2.75) is 180 Å². The normalized spacial score (nSPS) is 23.3. The summed E-state index contributed by atoms with van der Waals surface area (Å²) in [5.74, 6) is -0.503. The van der Waals surface area contributed by atoms with Gasteiger partial charge in [0.2, 0.25) is 11.9 Å². The molecule has 1 saturated carbocycles.